The van der Waals surface area contributed by atoms with Gasteiger partial charge in [-0.05, 0) is 6.92 Å². The third-order valence-corrected chi connectivity index (χ3v) is 4.39. The summed E-state index contributed by atoms with van der Waals surface area (Å²) in [6, 6.07) is 0. The number of halogens is 3. The highest BCUT2D eigenvalue weighted by molar-refractivity contribution is 7.09. The van der Waals surface area contributed by atoms with Crippen molar-refractivity contribution in [2.24, 2.45) is 4.99 Å². The van der Waals surface area contributed by atoms with Crippen LogP contribution >= 0.6 is 11.3 Å². The Morgan fingerprint density at radius 2 is 2.00 bits per heavy atom. The van der Waals surface area contributed by atoms with Gasteiger partial charge in [-0.15, -0.1) is 11.3 Å². The van der Waals surface area contributed by atoms with Gasteiger partial charge in [0.2, 0.25) is 5.89 Å². The van der Waals surface area contributed by atoms with Gasteiger partial charge in [-0.1, -0.05) is 20.8 Å². The molecule has 2 N–H and O–H groups in total. The highest BCUT2D eigenvalue weighted by atomic mass is 32.1. The van der Waals surface area contributed by atoms with Crippen LogP contribution in [0.2, 0.25) is 0 Å². The van der Waals surface area contributed by atoms with E-state index in [0.717, 1.165) is 22.5 Å². The molecule has 0 aliphatic rings. The van der Waals surface area contributed by atoms with Crippen molar-refractivity contribution in [3.63, 3.8) is 0 Å². The zero-order chi connectivity index (χ0) is 20.1. The van der Waals surface area contributed by atoms with Crippen LogP contribution in [0, 0.1) is 0 Å². The number of aliphatic imine (C=N–C) groups is 1. The number of hydrogen-bond acceptors (Lipinski definition) is 5. The SMILES string of the molecule is CCNC(=NCc1ncc(C(C)(C)C)o1)NCCc1nc(C(F)(F)F)cs1. The van der Waals surface area contributed by atoms with Crippen molar-refractivity contribution in [2.45, 2.75) is 52.3 Å². The number of nitrogens with one attached hydrogen (secondary N) is 2. The molecule has 27 heavy (non-hydrogen) atoms. The molecule has 6 nitrogen and oxygen atoms in total. The van der Waals surface area contributed by atoms with E-state index in [4.69, 9.17) is 4.42 Å². The summed E-state index contributed by atoms with van der Waals surface area (Å²) in [5, 5.41) is 7.61. The minimum atomic E-state index is -4.40. The molecule has 0 saturated carbocycles. The summed E-state index contributed by atoms with van der Waals surface area (Å²) >= 11 is 1.00. The van der Waals surface area contributed by atoms with Gasteiger partial charge in [0.1, 0.15) is 12.3 Å². The van der Waals surface area contributed by atoms with Crippen LogP contribution in [0.15, 0.2) is 21.0 Å². The fourth-order valence-corrected chi connectivity index (χ4v) is 2.87. The van der Waals surface area contributed by atoms with Crippen molar-refractivity contribution < 1.29 is 17.6 Å². The normalized spacial score (nSPS) is 13.1. The second-order valence-corrected chi connectivity index (χ2v) is 7.81. The maximum absolute atomic E-state index is 12.6. The summed E-state index contributed by atoms with van der Waals surface area (Å²) in [4.78, 5) is 12.2. The van der Waals surface area contributed by atoms with E-state index in [1.807, 2.05) is 27.7 Å². The Morgan fingerprint density at radius 3 is 2.56 bits per heavy atom. The average Bonchev–Trinajstić information content (AvgIpc) is 3.21. The van der Waals surface area contributed by atoms with E-state index >= 15 is 0 Å². The smallest absolute Gasteiger partial charge is 0.434 e. The molecule has 2 rings (SSSR count). The third kappa shape index (κ3) is 6.53. The van der Waals surface area contributed by atoms with Crippen LogP contribution in [-0.4, -0.2) is 29.0 Å². The summed E-state index contributed by atoms with van der Waals surface area (Å²) < 4.78 is 43.4. The van der Waals surface area contributed by atoms with Gasteiger partial charge in [0.25, 0.3) is 0 Å². The molecule has 0 atom stereocenters. The standard InChI is InChI=1S/C17H24F3N5OS/c1-5-21-15(24-9-13-23-8-12(26-13)16(2,3)4)22-7-6-14-25-11(10-27-14)17(18,19)20/h8,10H,5-7,9H2,1-4H3,(H2,21,22,24). The lowest BCUT2D eigenvalue weighted by Crippen LogP contribution is -2.38. The quantitative estimate of drug-likeness (QED) is 0.568. The molecule has 0 fully saturated rings. The van der Waals surface area contributed by atoms with Crippen LogP contribution in [-0.2, 0) is 24.6 Å². The first-order valence-electron chi connectivity index (χ1n) is 8.58. The zero-order valence-electron chi connectivity index (χ0n) is 15.8. The van der Waals surface area contributed by atoms with Crippen molar-refractivity contribution in [2.75, 3.05) is 13.1 Å². The van der Waals surface area contributed by atoms with Gasteiger partial charge in [-0.2, -0.15) is 13.2 Å². The molecule has 2 aromatic rings. The molecule has 0 unspecified atom stereocenters. The fourth-order valence-electron chi connectivity index (χ4n) is 2.06. The number of rotatable bonds is 6. The number of oxazole rings is 1. The molecule has 0 radical (unpaired) electrons. The molecule has 2 heterocycles. The summed E-state index contributed by atoms with van der Waals surface area (Å²) in [5.41, 5.74) is -0.970. The predicted molar refractivity (Wildman–Crippen MR) is 98.8 cm³/mol. The Kier molecular flexibility index (Phi) is 6.85. The van der Waals surface area contributed by atoms with E-state index in [1.54, 1.807) is 6.20 Å². The minimum absolute atomic E-state index is 0.124. The van der Waals surface area contributed by atoms with Gasteiger partial charge in [0.05, 0.1) is 11.2 Å². The number of thiazole rings is 1. The van der Waals surface area contributed by atoms with Crippen LogP contribution in [0.5, 0.6) is 0 Å². The largest absolute Gasteiger partial charge is 0.443 e. The van der Waals surface area contributed by atoms with E-state index < -0.39 is 11.9 Å². The van der Waals surface area contributed by atoms with E-state index in [2.05, 4.69) is 25.6 Å². The van der Waals surface area contributed by atoms with Crippen LogP contribution in [0.3, 0.4) is 0 Å². The maximum atomic E-state index is 12.6. The number of aromatic nitrogens is 2. The van der Waals surface area contributed by atoms with Crippen molar-refractivity contribution in [1.82, 2.24) is 20.6 Å². The second-order valence-electron chi connectivity index (χ2n) is 6.86. The Balaban J connectivity index is 1.90. The van der Waals surface area contributed by atoms with Crippen LogP contribution in [0.1, 0.15) is 50.0 Å². The first kappa shape index (κ1) is 21.2. The summed E-state index contributed by atoms with van der Waals surface area (Å²) in [7, 11) is 0. The Labute approximate surface area is 160 Å². The lowest BCUT2D eigenvalue weighted by Gasteiger charge is -2.13. The number of alkyl halides is 3. The zero-order valence-corrected chi connectivity index (χ0v) is 16.6. The molecule has 0 amide bonds. The highest BCUT2D eigenvalue weighted by Crippen LogP contribution is 2.30. The van der Waals surface area contributed by atoms with Crippen LogP contribution < -0.4 is 10.6 Å². The van der Waals surface area contributed by atoms with Gasteiger partial charge in [-0.3, -0.25) is 0 Å². The van der Waals surface area contributed by atoms with Gasteiger partial charge in [0.15, 0.2) is 11.7 Å². The van der Waals surface area contributed by atoms with Gasteiger partial charge >= 0.3 is 6.18 Å². The Bertz CT molecular complexity index is 761. The van der Waals surface area contributed by atoms with E-state index in [1.165, 1.54) is 0 Å². The minimum Gasteiger partial charge on any atom is -0.443 e. The number of hydrogen-bond donors (Lipinski definition) is 2. The Morgan fingerprint density at radius 1 is 1.26 bits per heavy atom. The molecule has 150 valence electrons. The molecule has 0 aliphatic carbocycles. The van der Waals surface area contributed by atoms with Gasteiger partial charge in [0, 0.05) is 30.3 Å². The molecular formula is C17H24F3N5OS. The molecule has 0 aliphatic heterocycles. The molecule has 10 heteroatoms. The molecule has 0 bridgehead atoms. The summed E-state index contributed by atoms with van der Waals surface area (Å²) in [5.74, 6) is 1.84. The lowest BCUT2D eigenvalue weighted by atomic mass is 9.94. The fraction of sp³-hybridized carbons (Fsp3) is 0.588. The van der Waals surface area contributed by atoms with E-state index in [9.17, 15) is 13.2 Å². The predicted octanol–water partition coefficient (Wildman–Crippen LogP) is 3.75. The van der Waals surface area contributed by atoms with Gasteiger partial charge < -0.3 is 15.1 Å². The molecule has 0 spiro atoms. The summed E-state index contributed by atoms with van der Waals surface area (Å²) in [6.07, 6.45) is -2.33. The summed E-state index contributed by atoms with van der Waals surface area (Å²) in [6.45, 7) is 9.37. The molecule has 0 saturated heterocycles. The molecular weight excluding hydrogens is 379 g/mol. The topological polar surface area (TPSA) is 75.3 Å². The molecule has 2 aromatic heterocycles. The Hall–Kier alpha value is -2.10. The van der Waals surface area contributed by atoms with Crippen molar-refractivity contribution in [3.05, 3.63) is 33.9 Å². The number of guanidine groups is 1. The van der Waals surface area contributed by atoms with Crippen molar-refractivity contribution in [3.8, 4) is 0 Å². The third-order valence-electron chi connectivity index (χ3n) is 3.48. The van der Waals surface area contributed by atoms with Crippen molar-refractivity contribution >= 4 is 17.3 Å². The van der Waals surface area contributed by atoms with Gasteiger partial charge in [-0.25, -0.2) is 15.0 Å². The lowest BCUT2D eigenvalue weighted by molar-refractivity contribution is -0.140. The molecule has 0 aromatic carbocycles. The van der Waals surface area contributed by atoms with Crippen molar-refractivity contribution in [1.29, 1.82) is 0 Å². The number of nitrogens with zero attached hydrogens (tertiary/aromatic N) is 3. The van der Waals surface area contributed by atoms with Crippen LogP contribution in [0.25, 0.3) is 0 Å². The highest BCUT2D eigenvalue weighted by Gasteiger charge is 2.33. The first-order chi connectivity index (χ1) is 12.6. The second kappa shape index (κ2) is 8.73. The van der Waals surface area contributed by atoms with E-state index in [-0.39, 0.29) is 12.0 Å². The average molecular weight is 403 g/mol. The van der Waals surface area contributed by atoms with Crippen LogP contribution in [0.4, 0.5) is 13.2 Å². The first-order valence-corrected chi connectivity index (χ1v) is 9.46. The monoisotopic (exact) mass is 403 g/mol. The van der Waals surface area contributed by atoms with E-state index in [0.29, 0.717) is 36.4 Å². The maximum Gasteiger partial charge on any atom is 0.434 e.